The Bertz CT molecular complexity index is 133. The highest BCUT2D eigenvalue weighted by atomic mass is 16.5. The zero-order valence-electron chi connectivity index (χ0n) is 5.45. The van der Waals surface area contributed by atoms with Gasteiger partial charge in [-0.3, -0.25) is 0 Å². The van der Waals surface area contributed by atoms with Crippen molar-refractivity contribution in [1.82, 2.24) is 4.81 Å². The predicted octanol–water partition coefficient (Wildman–Crippen LogP) is 0.552. The topological polar surface area (TPSA) is 12.5 Å². The van der Waals surface area contributed by atoms with Crippen molar-refractivity contribution in [3.8, 4) is 0 Å². The third-order valence-electron chi connectivity index (χ3n) is 1.06. The van der Waals surface area contributed by atoms with Gasteiger partial charge < -0.3 is 9.55 Å². The maximum atomic E-state index is 4.89. The smallest absolute Gasteiger partial charge is 0.278 e. The van der Waals surface area contributed by atoms with Crippen LogP contribution in [0.2, 0.25) is 0 Å². The Morgan fingerprint density at radius 1 is 1.56 bits per heavy atom. The molecule has 1 rings (SSSR count). The molecule has 0 amide bonds. The van der Waals surface area contributed by atoms with Gasteiger partial charge in [0.1, 0.15) is 6.73 Å². The summed E-state index contributed by atoms with van der Waals surface area (Å²) in [5.74, 6) is 1.97. The molecule has 0 unspecified atom stereocenters. The molecule has 0 aromatic rings. The lowest BCUT2D eigenvalue weighted by atomic mass is 9.90. The molecule has 0 saturated heterocycles. The minimum absolute atomic E-state index is 0.626. The van der Waals surface area contributed by atoms with Crippen LogP contribution in [0.1, 0.15) is 0 Å². The molecule has 0 N–H and O–H groups in total. The largest absolute Gasteiger partial charge is 0.399 e. The fourth-order valence-corrected chi connectivity index (χ4v) is 0.669. The highest BCUT2D eigenvalue weighted by molar-refractivity contribution is 6.39. The van der Waals surface area contributed by atoms with Crippen molar-refractivity contribution < 1.29 is 4.74 Å². The second-order valence-corrected chi connectivity index (χ2v) is 1.81. The van der Waals surface area contributed by atoms with E-state index in [1.165, 1.54) is 0 Å². The lowest BCUT2D eigenvalue weighted by molar-refractivity contribution is 0.140. The third kappa shape index (κ3) is 1.94. The molecular weight excluding hydrogens is 113 g/mol. The van der Waals surface area contributed by atoms with Crippen molar-refractivity contribution in [1.29, 1.82) is 0 Å². The van der Waals surface area contributed by atoms with Crippen molar-refractivity contribution in [3.05, 3.63) is 24.3 Å². The number of nitrogens with zero attached hydrogens (tertiary/aromatic N) is 1. The minimum atomic E-state index is 0.626. The summed E-state index contributed by atoms with van der Waals surface area (Å²) in [4.78, 5) is 1.96. The van der Waals surface area contributed by atoms with E-state index in [0.29, 0.717) is 6.73 Å². The van der Waals surface area contributed by atoms with Gasteiger partial charge in [-0.15, -0.1) is 0 Å². The number of hydrogen-bond acceptors (Lipinski definition) is 2. The molecule has 0 aromatic carbocycles. The van der Waals surface area contributed by atoms with Crippen LogP contribution in [0.25, 0.3) is 0 Å². The van der Waals surface area contributed by atoms with E-state index >= 15 is 0 Å². The monoisotopic (exact) mass is 122 g/mol. The molecule has 0 fully saturated rings. The first-order valence-electron chi connectivity index (χ1n) is 2.86. The Morgan fingerprint density at radius 2 is 2.44 bits per heavy atom. The van der Waals surface area contributed by atoms with Crippen molar-refractivity contribution in [2.24, 2.45) is 0 Å². The first kappa shape index (κ1) is 6.43. The van der Waals surface area contributed by atoms with Gasteiger partial charge >= 0.3 is 0 Å². The molecule has 0 bridgehead atoms. The molecule has 1 aliphatic heterocycles. The van der Waals surface area contributed by atoms with Crippen molar-refractivity contribution >= 4 is 7.41 Å². The van der Waals surface area contributed by atoms with E-state index in [9.17, 15) is 0 Å². The fourth-order valence-electron chi connectivity index (χ4n) is 0.669. The lowest BCUT2D eigenvalue weighted by Gasteiger charge is -2.17. The maximum absolute atomic E-state index is 4.89. The minimum Gasteiger partial charge on any atom is -0.399 e. The Hall–Kier alpha value is -0.695. The normalized spacial score (nSPS) is 15.9. The van der Waals surface area contributed by atoms with Crippen molar-refractivity contribution in [3.63, 3.8) is 0 Å². The van der Waals surface area contributed by atoms with Crippen LogP contribution in [-0.4, -0.2) is 26.1 Å². The molecule has 0 saturated carbocycles. The third-order valence-corrected chi connectivity index (χ3v) is 1.06. The summed E-state index contributed by atoms with van der Waals surface area (Å²) >= 11 is 0. The zero-order valence-corrected chi connectivity index (χ0v) is 5.45. The van der Waals surface area contributed by atoms with Gasteiger partial charge in [-0.05, 0) is 12.3 Å². The summed E-state index contributed by atoms with van der Waals surface area (Å²) in [6.07, 6.45) is 5.91. The molecule has 0 aliphatic carbocycles. The van der Waals surface area contributed by atoms with Gasteiger partial charge in [0, 0.05) is 7.11 Å². The zero-order chi connectivity index (χ0) is 6.53. The van der Waals surface area contributed by atoms with Gasteiger partial charge in [0.25, 0.3) is 7.41 Å². The molecular formula is C6H9BNO. The van der Waals surface area contributed by atoms with Crippen LogP contribution >= 0.6 is 0 Å². The van der Waals surface area contributed by atoms with E-state index in [2.05, 4.69) is 0 Å². The summed E-state index contributed by atoms with van der Waals surface area (Å²) in [5, 5.41) is 0. The Morgan fingerprint density at radius 3 is 3.00 bits per heavy atom. The summed E-state index contributed by atoms with van der Waals surface area (Å²) < 4.78 is 4.89. The predicted molar refractivity (Wildman–Crippen MR) is 37.7 cm³/mol. The number of rotatable bonds is 2. The fraction of sp³-hybridized carbons (Fsp3) is 0.333. The highest BCUT2D eigenvalue weighted by Gasteiger charge is 1.98. The standard InChI is InChI=1S/C6H9BNO/c1-9-6-8-5-3-2-4-7-8/h2-5H,6H2,1H3. The van der Waals surface area contributed by atoms with Crippen LogP contribution in [0, 0.1) is 0 Å². The SMILES string of the molecule is COCN1[B]C=CC=C1. The highest BCUT2D eigenvalue weighted by Crippen LogP contribution is 1.94. The molecule has 0 spiro atoms. The molecule has 1 heterocycles. The average molecular weight is 122 g/mol. The van der Waals surface area contributed by atoms with Crippen molar-refractivity contribution in [2.75, 3.05) is 13.8 Å². The Balaban J connectivity index is 2.28. The average Bonchev–Trinajstić information content (AvgIpc) is 1.91. The van der Waals surface area contributed by atoms with E-state index in [-0.39, 0.29) is 0 Å². The van der Waals surface area contributed by atoms with Crippen LogP contribution in [0.3, 0.4) is 0 Å². The van der Waals surface area contributed by atoms with E-state index in [0.717, 1.165) is 0 Å². The van der Waals surface area contributed by atoms with Gasteiger partial charge in [0.15, 0.2) is 0 Å². The van der Waals surface area contributed by atoms with Crippen LogP contribution in [0.4, 0.5) is 0 Å². The first-order chi connectivity index (χ1) is 4.43. The van der Waals surface area contributed by atoms with Crippen molar-refractivity contribution in [2.45, 2.75) is 0 Å². The molecule has 1 radical (unpaired) electrons. The quantitative estimate of drug-likeness (QED) is 0.496. The molecule has 0 atom stereocenters. The first-order valence-corrected chi connectivity index (χ1v) is 2.86. The van der Waals surface area contributed by atoms with E-state index in [1.807, 2.05) is 36.6 Å². The second-order valence-electron chi connectivity index (χ2n) is 1.81. The maximum Gasteiger partial charge on any atom is 0.278 e. The van der Waals surface area contributed by atoms with E-state index in [1.54, 1.807) is 7.11 Å². The molecule has 1 aliphatic rings. The summed E-state index contributed by atoms with van der Waals surface area (Å²) in [6.45, 7) is 0.626. The Kier molecular flexibility index (Phi) is 2.39. The number of allylic oxidation sites excluding steroid dienone is 2. The van der Waals surface area contributed by atoms with Gasteiger partial charge in [-0.2, -0.15) is 0 Å². The van der Waals surface area contributed by atoms with E-state index < -0.39 is 0 Å². The lowest BCUT2D eigenvalue weighted by Crippen LogP contribution is -2.24. The van der Waals surface area contributed by atoms with Gasteiger partial charge in [-0.25, -0.2) is 0 Å². The van der Waals surface area contributed by atoms with Crippen LogP contribution in [0.5, 0.6) is 0 Å². The van der Waals surface area contributed by atoms with E-state index in [4.69, 9.17) is 4.74 Å². The molecule has 47 valence electrons. The molecule has 9 heavy (non-hydrogen) atoms. The molecule has 2 nitrogen and oxygen atoms in total. The van der Waals surface area contributed by atoms with Gasteiger partial charge in [0.2, 0.25) is 0 Å². The van der Waals surface area contributed by atoms with Gasteiger partial charge in [0.05, 0.1) is 0 Å². The van der Waals surface area contributed by atoms with Crippen LogP contribution in [-0.2, 0) is 4.74 Å². The Labute approximate surface area is 56.1 Å². The second kappa shape index (κ2) is 3.35. The number of ether oxygens (including phenoxy) is 1. The summed E-state index contributed by atoms with van der Waals surface area (Å²) in [7, 11) is 3.64. The summed E-state index contributed by atoms with van der Waals surface area (Å²) in [6, 6.07) is 0. The molecule has 0 aromatic heterocycles. The molecule has 3 heteroatoms. The van der Waals surface area contributed by atoms with Crippen LogP contribution < -0.4 is 0 Å². The number of hydrogen-bond donors (Lipinski definition) is 0. The van der Waals surface area contributed by atoms with Gasteiger partial charge in [-0.1, -0.05) is 12.1 Å². The van der Waals surface area contributed by atoms with Crippen LogP contribution in [0.15, 0.2) is 24.3 Å². The number of methoxy groups -OCH3 is 1. The summed E-state index contributed by atoms with van der Waals surface area (Å²) in [5.41, 5.74) is 0.